The van der Waals surface area contributed by atoms with Crippen LogP contribution in [0.15, 0.2) is 28.9 Å². The molecular weight excluding hydrogens is 210 g/mol. The number of hydrogen-bond donors (Lipinski definition) is 0. The Hall–Kier alpha value is -1.28. The van der Waals surface area contributed by atoms with Crippen LogP contribution >= 0.6 is 11.6 Å². The van der Waals surface area contributed by atoms with Crippen LogP contribution in [-0.4, -0.2) is 4.98 Å². The molecule has 2 rings (SSSR count). The summed E-state index contributed by atoms with van der Waals surface area (Å²) in [7, 11) is 0. The van der Waals surface area contributed by atoms with E-state index < -0.39 is 0 Å². The zero-order valence-electron chi connectivity index (χ0n) is 8.75. The second kappa shape index (κ2) is 4.07. The van der Waals surface area contributed by atoms with Gasteiger partial charge in [0.1, 0.15) is 6.26 Å². The number of rotatable bonds is 2. The summed E-state index contributed by atoms with van der Waals surface area (Å²) in [5.74, 6) is 1.03. The Balaban J connectivity index is 2.48. The van der Waals surface area contributed by atoms with E-state index in [1.807, 2.05) is 13.8 Å². The summed E-state index contributed by atoms with van der Waals surface area (Å²) >= 11 is 5.68. The van der Waals surface area contributed by atoms with Gasteiger partial charge in [0, 0.05) is 5.56 Å². The number of benzene rings is 1. The third-order valence-electron chi connectivity index (χ3n) is 2.31. The Morgan fingerprint density at radius 3 is 2.80 bits per heavy atom. The molecule has 0 aliphatic heterocycles. The summed E-state index contributed by atoms with van der Waals surface area (Å²) in [4.78, 5) is 4.30. The van der Waals surface area contributed by atoms with Crippen molar-refractivity contribution in [2.24, 2.45) is 0 Å². The first-order valence-electron chi connectivity index (χ1n) is 4.78. The average molecular weight is 222 g/mol. The highest BCUT2D eigenvalue weighted by molar-refractivity contribution is 6.16. The number of nitrogens with zero attached hydrogens (tertiary/aromatic N) is 1. The van der Waals surface area contributed by atoms with E-state index in [0.29, 0.717) is 11.8 Å². The lowest BCUT2D eigenvalue weighted by Gasteiger charge is -2.02. The van der Waals surface area contributed by atoms with E-state index in [0.717, 1.165) is 16.8 Å². The van der Waals surface area contributed by atoms with E-state index in [2.05, 4.69) is 23.2 Å². The average Bonchev–Trinajstić information content (AvgIpc) is 2.70. The summed E-state index contributed by atoms with van der Waals surface area (Å²) in [5, 5.41) is 0. The number of aromatic nitrogens is 1. The van der Waals surface area contributed by atoms with Crippen molar-refractivity contribution >= 4 is 11.6 Å². The fourth-order valence-corrected chi connectivity index (χ4v) is 1.58. The molecule has 2 aromatic rings. The lowest BCUT2D eigenvalue weighted by atomic mass is 10.1. The third kappa shape index (κ3) is 2.05. The van der Waals surface area contributed by atoms with E-state index in [-0.39, 0.29) is 0 Å². The molecule has 1 aromatic heterocycles. The quantitative estimate of drug-likeness (QED) is 0.723. The minimum Gasteiger partial charge on any atom is -0.444 e. The maximum absolute atomic E-state index is 5.68. The molecule has 1 aromatic carbocycles. The number of aryl methyl sites for hydroxylation is 2. The predicted molar refractivity (Wildman–Crippen MR) is 61.0 cm³/mol. The SMILES string of the molecule is Cc1ccc(C)c(-c2nc(CCl)co2)c1. The van der Waals surface area contributed by atoms with Crippen LogP contribution in [0.4, 0.5) is 0 Å². The Bertz CT molecular complexity index is 476. The maximum atomic E-state index is 5.68. The van der Waals surface area contributed by atoms with Gasteiger partial charge in [-0.25, -0.2) is 4.98 Å². The smallest absolute Gasteiger partial charge is 0.226 e. The van der Waals surface area contributed by atoms with Gasteiger partial charge in [0.2, 0.25) is 5.89 Å². The summed E-state index contributed by atoms with van der Waals surface area (Å²) in [6.45, 7) is 4.09. The second-order valence-electron chi connectivity index (χ2n) is 3.60. The third-order valence-corrected chi connectivity index (χ3v) is 2.59. The highest BCUT2D eigenvalue weighted by atomic mass is 35.5. The molecule has 0 bridgehead atoms. The maximum Gasteiger partial charge on any atom is 0.226 e. The van der Waals surface area contributed by atoms with Crippen molar-refractivity contribution in [2.45, 2.75) is 19.7 Å². The zero-order valence-corrected chi connectivity index (χ0v) is 9.51. The van der Waals surface area contributed by atoms with Crippen LogP contribution in [0.5, 0.6) is 0 Å². The molecule has 0 radical (unpaired) electrons. The van der Waals surface area contributed by atoms with Gasteiger partial charge in [-0.15, -0.1) is 11.6 Å². The Morgan fingerprint density at radius 2 is 2.13 bits per heavy atom. The van der Waals surface area contributed by atoms with E-state index in [1.54, 1.807) is 6.26 Å². The molecule has 0 fully saturated rings. The van der Waals surface area contributed by atoms with Crippen LogP contribution in [-0.2, 0) is 5.88 Å². The minimum atomic E-state index is 0.383. The van der Waals surface area contributed by atoms with Crippen molar-refractivity contribution in [3.05, 3.63) is 41.3 Å². The van der Waals surface area contributed by atoms with Gasteiger partial charge in [0.25, 0.3) is 0 Å². The molecule has 0 atom stereocenters. The molecule has 78 valence electrons. The largest absolute Gasteiger partial charge is 0.444 e. The van der Waals surface area contributed by atoms with Gasteiger partial charge in [-0.2, -0.15) is 0 Å². The normalized spacial score (nSPS) is 10.6. The summed E-state index contributed by atoms with van der Waals surface area (Å²) in [6, 6.07) is 6.21. The van der Waals surface area contributed by atoms with Gasteiger partial charge in [-0.3, -0.25) is 0 Å². The molecule has 0 saturated carbocycles. The van der Waals surface area contributed by atoms with E-state index in [4.69, 9.17) is 16.0 Å². The Kier molecular flexibility index (Phi) is 2.78. The highest BCUT2D eigenvalue weighted by Crippen LogP contribution is 2.24. The standard InChI is InChI=1S/C12H12ClNO/c1-8-3-4-9(2)11(5-8)12-14-10(6-13)7-15-12/h3-5,7H,6H2,1-2H3. The van der Waals surface area contributed by atoms with Crippen LogP contribution in [0.25, 0.3) is 11.5 Å². The van der Waals surface area contributed by atoms with Gasteiger partial charge in [-0.05, 0) is 25.5 Å². The van der Waals surface area contributed by atoms with E-state index >= 15 is 0 Å². The molecule has 15 heavy (non-hydrogen) atoms. The van der Waals surface area contributed by atoms with Crippen LogP contribution in [0, 0.1) is 13.8 Å². The summed E-state index contributed by atoms with van der Waals surface area (Å²) in [6.07, 6.45) is 1.60. The van der Waals surface area contributed by atoms with Crippen molar-refractivity contribution in [1.82, 2.24) is 4.98 Å². The van der Waals surface area contributed by atoms with Gasteiger partial charge in [0.15, 0.2) is 0 Å². The summed E-state index contributed by atoms with van der Waals surface area (Å²) < 4.78 is 5.38. The molecule has 1 heterocycles. The van der Waals surface area contributed by atoms with E-state index in [1.165, 1.54) is 5.56 Å². The molecular formula is C12H12ClNO. The molecule has 0 unspecified atom stereocenters. The molecule has 0 aliphatic carbocycles. The van der Waals surface area contributed by atoms with Gasteiger partial charge >= 0.3 is 0 Å². The second-order valence-corrected chi connectivity index (χ2v) is 3.86. The monoisotopic (exact) mass is 221 g/mol. The van der Waals surface area contributed by atoms with Crippen LogP contribution in [0.2, 0.25) is 0 Å². The molecule has 0 aliphatic rings. The van der Waals surface area contributed by atoms with Crippen LogP contribution in [0.3, 0.4) is 0 Å². The fraction of sp³-hybridized carbons (Fsp3) is 0.250. The minimum absolute atomic E-state index is 0.383. The first-order valence-corrected chi connectivity index (χ1v) is 5.32. The first-order chi connectivity index (χ1) is 7.20. The van der Waals surface area contributed by atoms with Crippen molar-refractivity contribution in [3.63, 3.8) is 0 Å². The predicted octanol–water partition coefficient (Wildman–Crippen LogP) is 3.70. The molecule has 0 saturated heterocycles. The molecule has 0 N–H and O–H groups in total. The van der Waals surface area contributed by atoms with Gasteiger partial charge < -0.3 is 4.42 Å². The van der Waals surface area contributed by atoms with Gasteiger partial charge in [0.05, 0.1) is 11.6 Å². The topological polar surface area (TPSA) is 26.0 Å². The Labute approximate surface area is 93.9 Å². The number of alkyl halides is 1. The van der Waals surface area contributed by atoms with Gasteiger partial charge in [-0.1, -0.05) is 17.7 Å². The Morgan fingerprint density at radius 1 is 1.33 bits per heavy atom. The van der Waals surface area contributed by atoms with Crippen molar-refractivity contribution in [1.29, 1.82) is 0 Å². The van der Waals surface area contributed by atoms with Crippen molar-refractivity contribution in [2.75, 3.05) is 0 Å². The van der Waals surface area contributed by atoms with Crippen molar-refractivity contribution < 1.29 is 4.42 Å². The van der Waals surface area contributed by atoms with Crippen LogP contribution in [0.1, 0.15) is 16.8 Å². The number of oxazole rings is 1. The molecule has 3 heteroatoms. The highest BCUT2D eigenvalue weighted by Gasteiger charge is 2.08. The lowest BCUT2D eigenvalue weighted by Crippen LogP contribution is -1.85. The van der Waals surface area contributed by atoms with Crippen LogP contribution < -0.4 is 0 Å². The van der Waals surface area contributed by atoms with Crippen molar-refractivity contribution in [3.8, 4) is 11.5 Å². The molecule has 0 amide bonds. The first kappa shape index (κ1) is 10.2. The fourth-order valence-electron chi connectivity index (χ4n) is 1.46. The summed E-state index contributed by atoms with van der Waals surface area (Å²) in [5.41, 5.74) is 4.16. The van der Waals surface area contributed by atoms with E-state index in [9.17, 15) is 0 Å². The number of halogens is 1. The molecule has 0 spiro atoms. The lowest BCUT2D eigenvalue weighted by molar-refractivity contribution is 0.573. The molecule has 2 nitrogen and oxygen atoms in total. The zero-order chi connectivity index (χ0) is 10.8. The number of hydrogen-bond acceptors (Lipinski definition) is 2.